The van der Waals surface area contributed by atoms with Gasteiger partial charge in [-0.25, -0.2) is 0 Å². The van der Waals surface area contributed by atoms with Gasteiger partial charge in [0.25, 0.3) is 0 Å². The number of nitrogens with one attached hydrogen (secondary N) is 1. The van der Waals surface area contributed by atoms with Gasteiger partial charge in [0.1, 0.15) is 0 Å². The lowest BCUT2D eigenvalue weighted by Crippen LogP contribution is -2.37. The van der Waals surface area contributed by atoms with Crippen LogP contribution in [0.25, 0.3) is 0 Å². The predicted molar refractivity (Wildman–Crippen MR) is 75.3 cm³/mol. The van der Waals surface area contributed by atoms with Gasteiger partial charge in [-0.15, -0.1) is 0 Å². The Morgan fingerprint density at radius 1 is 1.19 bits per heavy atom. The number of hydrogen-bond donors (Lipinski definition) is 1. The topological polar surface area (TPSA) is 15.3 Å². The lowest BCUT2D eigenvalue weighted by atomic mass is 10.1. The van der Waals surface area contributed by atoms with Crippen LogP contribution in [0.2, 0.25) is 0 Å². The Bertz CT molecular complexity index is 173. The number of thioether (sulfide) groups is 1. The van der Waals surface area contributed by atoms with Crippen LogP contribution < -0.4 is 5.32 Å². The van der Waals surface area contributed by atoms with E-state index in [4.69, 9.17) is 0 Å². The third-order valence-corrected chi connectivity index (χ3v) is 4.70. The molecule has 0 aromatic carbocycles. The Kier molecular flexibility index (Phi) is 7.50. The summed E-state index contributed by atoms with van der Waals surface area (Å²) in [5.74, 6) is 1.28. The molecule has 0 heterocycles. The molecular weight excluding hydrogens is 216 g/mol. The zero-order valence-electron chi connectivity index (χ0n) is 11.2. The van der Waals surface area contributed by atoms with Crippen LogP contribution in [0.15, 0.2) is 0 Å². The molecule has 2 nitrogen and oxygen atoms in total. The highest BCUT2D eigenvalue weighted by Crippen LogP contribution is 2.27. The fourth-order valence-corrected chi connectivity index (χ4v) is 3.93. The standard InChI is InChI=1S/C13H28N2S/c1-4-14-12-8-6-5-7-9-13(12)16-11-10-15(2)3/h12-14H,4-11H2,1-3H3. The minimum absolute atomic E-state index is 0.764. The molecule has 0 radical (unpaired) electrons. The summed E-state index contributed by atoms with van der Waals surface area (Å²) < 4.78 is 0. The maximum absolute atomic E-state index is 3.68. The van der Waals surface area contributed by atoms with E-state index in [1.54, 1.807) is 0 Å². The summed E-state index contributed by atoms with van der Waals surface area (Å²) in [6.45, 7) is 4.56. The Morgan fingerprint density at radius 3 is 2.62 bits per heavy atom. The molecule has 16 heavy (non-hydrogen) atoms. The zero-order chi connectivity index (χ0) is 11.8. The van der Waals surface area contributed by atoms with Crippen molar-refractivity contribution in [3.63, 3.8) is 0 Å². The lowest BCUT2D eigenvalue weighted by Gasteiger charge is -2.26. The van der Waals surface area contributed by atoms with E-state index in [0.29, 0.717) is 0 Å². The molecule has 2 atom stereocenters. The highest BCUT2D eigenvalue weighted by atomic mass is 32.2. The lowest BCUT2D eigenvalue weighted by molar-refractivity contribution is 0.435. The van der Waals surface area contributed by atoms with E-state index in [1.807, 2.05) is 0 Å². The van der Waals surface area contributed by atoms with E-state index in [1.165, 1.54) is 44.4 Å². The van der Waals surface area contributed by atoms with Gasteiger partial charge >= 0.3 is 0 Å². The first-order valence-electron chi connectivity index (χ1n) is 6.73. The molecule has 1 rings (SSSR count). The third-order valence-electron chi connectivity index (χ3n) is 3.29. The van der Waals surface area contributed by atoms with Gasteiger partial charge in [-0.1, -0.05) is 26.2 Å². The molecule has 1 saturated carbocycles. The first kappa shape index (κ1) is 14.3. The Hall–Kier alpha value is 0.270. The summed E-state index contributed by atoms with van der Waals surface area (Å²) in [5, 5.41) is 4.53. The van der Waals surface area contributed by atoms with Crippen LogP contribution in [-0.2, 0) is 0 Å². The van der Waals surface area contributed by atoms with Crippen molar-refractivity contribution >= 4 is 11.8 Å². The molecule has 96 valence electrons. The zero-order valence-corrected chi connectivity index (χ0v) is 12.0. The monoisotopic (exact) mass is 244 g/mol. The van der Waals surface area contributed by atoms with Crippen LogP contribution in [0.1, 0.15) is 39.0 Å². The van der Waals surface area contributed by atoms with Gasteiger partial charge < -0.3 is 10.2 Å². The van der Waals surface area contributed by atoms with Gasteiger partial charge in [-0.05, 0) is 33.5 Å². The molecule has 0 spiro atoms. The van der Waals surface area contributed by atoms with Crippen LogP contribution >= 0.6 is 11.8 Å². The first-order valence-corrected chi connectivity index (χ1v) is 7.78. The molecular formula is C13H28N2S. The fourth-order valence-electron chi connectivity index (χ4n) is 2.36. The molecule has 0 saturated heterocycles. The smallest absolute Gasteiger partial charge is 0.0201 e. The van der Waals surface area contributed by atoms with Crippen molar-refractivity contribution in [1.29, 1.82) is 0 Å². The molecule has 1 N–H and O–H groups in total. The van der Waals surface area contributed by atoms with Gasteiger partial charge in [-0.2, -0.15) is 11.8 Å². The van der Waals surface area contributed by atoms with Crippen LogP contribution in [0.4, 0.5) is 0 Å². The molecule has 1 aliphatic rings. The van der Waals surface area contributed by atoms with E-state index in [9.17, 15) is 0 Å². The second-order valence-corrected chi connectivity index (χ2v) is 6.36. The van der Waals surface area contributed by atoms with Gasteiger partial charge in [0.15, 0.2) is 0 Å². The Labute approximate surface area is 106 Å². The fraction of sp³-hybridized carbons (Fsp3) is 1.00. The molecule has 0 aliphatic heterocycles. The normalized spacial score (nSPS) is 27.0. The van der Waals surface area contributed by atoms with Crippen LogP contribution in [0, 0.1) is 0 Å². The van der Waals surface area contributed by atoms with Crippen LogP contribution in [-0.4, -0.2) is 49.1 Å². The minimum atomic E-state index is 0.764. The van der Waals surface area contributed by atoms with E-state index in [0.717, 1.165) is 17.8 Å². The molecule has 0 aromatic rings. The van der Waals surface area contributed by atoms with Crippen molar-refractivity contribution in [2.75, 3.05) is 32.9 Å². The van der Waals surface area contributed by atoms with E-state index >= 15 is 0 Å². The highest BCUT2D eigenvalue weighted by molar-refractivity contribution is 8.00. The predicted octanol–water partition coefficient (Wildman–Crippen LogP) is 2.59. The average molecular weight is 244 g/mol. The first-order chi connectivity index (χ1) is 7.74. The Balaban J connectivity index is 2.32. The summed E-state index contributed by atoms with van der Waals surface area (Å²) in [7, 11) is 4.32. The van der Waals surface area contributed by atoms with Crippen LogP contribution in [0.5, 0.6) is 0 Å². The van der Waals surface area contributed by atoms with Gasteiger partial charge in [0, 0.05) is 23.6 Å². The summed E-state index contributed by atoms with van der Waals surface area (Å²) in [5.41, 5.74) is 0. The van der Waals surface area contributed by atoms with E-state index in [2.05, 4.69) is 43.0 Å². The molecule has 1 fully saturated rings. The molecule has 2 unspecified atom stereocenters. The summed E-state index contributed by atoms with van der Waals surface area (Å²) in [6.07, 6.45) is 7.08. The maximum Gasteiger partial charge on any atom is 0.0201 e. The van der Waals surface area contributed by atoms with Crippen molar-refractivity contribution in [3.05, 3.63) is 0 Å². The number of hydrogen-bond acceptors (Lipinski definition) is 3. The molecule has 0 bridgehead atoms. The molecule has 0 amide bonds. The largest absolute Gasteiger partial charge is 0.313 e. The van der Waals surface area contributed by atoms with Crippen molar-refractivity contribution in [2.45, 2.75) is 50.3 Å². The quantitative estimate of drug-likeness (QED) is 0.723. The second-order valence-electron chi connectivity index (χ2n) is 5.01. The van der Waals surface area contributed by atoms with Crippen molar-refractivity contribution in [2.24, 2.45) is 0 Å². The van der Waals surface area contributed by atoms with E-state index in [-0.39, 0.29) is 0 Å². The summed E-state index contributed by atoms with van der Waals surface area (Å²) >= 11 is 2.18. The molecule has 3 heteroatoms. The second kappa shape index (κ2) is 8.37. The van der Waals surface area contributed by atoms with E-state index < -0.39 is 0 Å². The van der Waals surface area contributed by atoms with Crippen molar-refractivity contribution < 1.29 is 0 Å². The van der Waals surface area contributed by atoms with Crippen LogP contribution in [0.3, 0.4) is 0 Å². The van der Waals surface area contributed by atoms with Crippen molar-refractivity contribution in [3.8, 4) is 0 Å². The number of nitrogens with zero attached hydrogens (tertiary/aromatic N) is 1. The summed E-state index contributed by atoms with van der Waals surface area (Å²) in [6, 6.07) is 0.764. The third kappa shape index (κ3) is 5.55. The van der Waals surface area contributed by atoms with Crippen molar-refractivity contribution in [1.82, 2.24) is 10.2 Å². The molecule has 1 aliphatic carbocycles. The number of rotatable bonds is 6. The van der Waals surface area contributed by atoms with Gasteiger partial charge in [0.2, 0.25) is 0 Å². The maximum atomic E-state index is 3.68. The Morgan fingerprint density at radius 2 is 1.94 bits per heavy atom. The average Bonchev–Trinajstić information content (AvgIpc) is 2.45. The van der Waals surface area contributed by atoms with Gasteiger partial charge in [0.05, 0.1) is 0 Å². The summed E-state index contributed by atoms with van der Waals surface area (Å²) in [4.78, 5) is 2.28. The highest BCUT2D eigenvalue weighted by Gasteiger charge is 2.22. The van der Waals surface area contributed by atoms with Gasteiger partial charge in [-0.3, -0.25) is 0 Å². The minimum Gasteiger partial charge on any atom is -0.313 e. The molecule has 0 aromatic heterocycles. The SMILES string of the molecule is CCNC1CCCCCC1SCCN(C)C.